The van der Waals surface area contributed by atoms with Gasteiger partial charge in [0, 0.05) is 18.8 Å². The molecule has 1 atom stereocenters. The molecule has 0 aliphatic heterocycles. The number of rotatable bonds is 4. The molecule has 0 saturated heterocycles. The first kappa shape index (κ1) is 13.6. The Morgan fingerprint density at radius 3 is 2.76 bits per heavy atom. The number of nitrogens with one attached hydrogen (secondary N) is 1. The van der Waals surface area contributed by atoms with Gasteiger partial charge in [-0.25, -0.2) is 0 Å². The van der Waals surface area contributed by atoms with Crippen LogP contribution < -0.4 is 11.1 Å². The quantitative estimate of drug-likeness (QED) is 0.840. The van der Waals surface area contributed by atoms with Gasteiger partial charge in [0.15, 0.2) is 0 Å². The van der Waals surface area contributed by atoms with Crippen LogP contribution in [0, 0.1) is 0 Å². The molecule has 4 nitrogen and oxygen atoms in total. The lowest BCUT2D eigenvalue weighted by Crippen LogP contribution is -2.39. The normalized spacial score (nSPS) is 13.5. The molecule has 1 aromatic heterocycles. The number of nitrogens with two attached hydrogens (primary N) is 1. The Morgan fingerprint density at radius 2 is 2.24 bits per heavy atom. The molecule has 1 rings (SSSR count). The lowest BCUT2D eigenvalue weighted by Gasteiger charge is -2.14. The maximum absolute atomic E-state index is 12.2. The van der Waals surface area contributed by atoms with Gasteiger partial charge in [0.1, 0.15) is 12.2 Å². The van der Waals surface area contributed by atoms with E-state index in [2.05, 4.69) is 5.32 Å². The first-order valence-corrected chi connectivity index (χ1v) is 5.06. The zero-order valence-electron chi connectivity index (χ0n) is 9.29. The summed E-state index contributed by atoms with van der Waals surface area (Å²) >= 11 is 0. The lowest BCUT2D eigenvalue weighted by atomic mass is 10.3. The number of hydrogen-bond donors (Lipinski definition) is 2. The minimum atomic E-state index is -4.35. The predicted molar refractivity (Wildman–Crippen MR) is 56.5 cm³/mol. The van der Waals surface area contributed by atoms with E-state index < -0.39 is 18.6 Å². The molecule has 1 amide bonds. The van der Waals surface area contributed by atoms with Gasteiger partial charge in [-0.1, -0.05) is 0 Å². The second kappa shape index (κ2) is 5.22. The number of hydrogen-bond acceptors (Lipinski definition) is 2. The lowest BCUT2D eigenvalue weighted by molar-refractivity contribution is -0.140. The number of carbonyl (C=O) groups is 1. The predicted octanol–water partition coefficient (Wildman–Crippen LogP) is 1.13. The Morgan fingerprint density at radius 1 is 1.59 bits per heavy atom. The molecule has 0 bridgehead atoms. The number of aromatic nitrogens is 1. The van der Waals surface area contributed by atoms with Gasteiger partial charge in [-0.3, -0.25) is 4.79 Å². The van der Waals surface area contributed by atoms with Gasteiger partial charge in [0.2, 0.25) is 0 Å². The van der Waals surface area contributed by atoms with Crippen LogP contribution in [-0.2, 0) is 6.54 Å². The van der Waals surface area contributed by atoms with Gasteiger partial charge in [-0.15, -0.1) is 0 Å². The van der Waals surface area contributed by atoms with Crippen LogP contribution in [0.15, 0.2) is 18.3 Å². The molecule has 0 aliphatic carbocycles. The van der Waals surface area contributed by atoms with E-state index in [1.54, 1.807) is 6.92 Å². The summed E-state index contributed by atoms with van der Waals surface area (Å²) in [6.07, 6.45) is -3.14. The second-order valence-electron chi connectivity index (χ2n) is 3.75. The van der Waals surface area contributed by atoms with Crippen LogP contribution in [0.1, 0.15) is 17.4 Å². The third-order valence-electron chi connectivity index (χ3n) is 2.14. The average Bonchev–Trinajstić information content (AvgIpc) is 2.62. The van der Waals surface area contributed by atoms with Gasteiger partial charge in [0.25, 0.3) is 5.91 Å². The van der Waals surface area contributed by atoms with Crippen LogP contribution in [0.5, 0.6) is 0 Å². The molecule has 0 radical (unpaired) electrons. The summed E-state index contributed by atoms with van der Waals surface area (Å²) in [6.45, 7) is 0.723. The number of amides is 1. The maximum atomic E-state index is 12.2. The Kier molecular flexibility index (Phi) is 4.17. The summed E-state index contributed by atoms with van der Waals surface area (Å²) < 4.78 is 37.5. The highest BCUT2D eigenvalue weighted by atomic mass is 19.4. The van der Waals surface area contributed by atoms with E-state index in [0.717, 1.165) is 4.57 Å². The third kappa shape index (κ3) is 4.10. The highest BCUT2D eigenvalue weighted by Crippen LogP contribution is 2.18. The fourth-order valence-electron chi connectivity index (χ4n) is 1.31. The van der Waals surface area contributed by atoms with E-state index in [1.807, 2.05) is 0 Å². The number of nitrogens with zero attached hydrogens (tertiary/aromatic N) is 1. The fourth-order valence-corrected chi connectivity index (χ4v) is 1.31. The van der Waals surface area contributed by atoms with Crippen molar-refractivity contribution < 1.29 is 18.0 Å². The van der Waals surface area contributed by atoms with Crippen molar-refractivity contribution in [2.45, 2.75) is 25.7 Å². The molecule has 17 heavy (non-hydrogen) atoms. The van der Waals surface area contributed by atoms with Crippen molar-refractivity contribution in [1.82, 2.24) is 9.88 Å². The molecule has 0 saturated carbocycles. The topological polar surface area (TPSA) is 60.0 Å². The molecule has 0 aromatic carbocycles. The molecule has 1 heterocycles. The van der Waals surface area contributed by atoms with Crippen molar-refractivity contribution in [3.05, 3.63) is 24.0 Å². The van der Waals surface area contributed by atoms with E-state index in [1.165, 1.54) is 18.3 Å². The summed E-state index contributed by atoms with van der Waals surface area (Å²) in [4.78, 5) is 11.6. The molecular formula is C10H14F3N3O. The third-order valence-corrected chi connectivity index (χ3v) is 2.14. The molecule has 0 aliphatic rings. The van der Waals surface area contributed by atoms with Gasteiger partial charge in [-0.2, -0.15) is 13.2 Å². The fraction of sp³-hybridized carbons (Fsp3) is 0.500. The highest BCUT2D eigenvalue weighted by Gasteiger charge is 2.29. The largest absolute Gasteiger partial charge is 0.406 e. The Bertz CT molecular complexity index is 386. The standard InChI is InChI=1S/C10H14F3N3O/c1-7(5-14)15-9(17)8-3-2-4-16(8)6-10(11,12)13/h2-4,7H,5-6,14H2,1H3,(H,15,17)/t7-/m1/s1. The second-order valence-corrected chi connectivity index (χ2v) is 3.75. The van der Waals surface area contributed by atoms with E-state index in [4.69, 9.17) is 5.73 Å². The molecule has 1 aromatic rings. The number of halogens is 3. The van der Waals surface area contributed by atoms with Gasteiger partial charge in [0.05, 0.1) is 0 Å². The number of alkyl halides is 3. The van der Waals surface area contributed by atoms with E-state index >= 15 is 0 Å². The van der Waals surface area contributed by atoms with E-state index in [-0.39, 0.29) is 18.3 Å². The smallest absolute Gasteiger partial charge is 0.347 e. The molecule has 3 N–H and O–H groups in total. The van der Waals surface area contributed by atoms with Crippen LogP contribution in [-0.4, -0.2) is 29.2 Å². The van der Waals surface area contributed by atoms with Crippen molar-refractivity contribution in [2.75, 3.05) is 6.54 Å². The zero-order chi connectivity index (χ0) is 13.1. The SMILES string of the molecule is C[C@H](CN)NC(=O)c1cccn1CC(F)(F)F. The first-order valence-electron chi connectivity index (χ1n) is 5.06. The van der Waals surface area contributed by atoms with Crippen LogP contribution in [0.4, 0.5) is 13.2 Å². The van der Waals surface area contributed by atoms with Crippen molar-refractivity contribution in [3.8, 4) is 0 Å². The van der Waals surface area contributed by atoms with Crippen LogP contribution in [0.3, 0.4) is 0 Å². The Hall–Kier alpha value is -1.50. The van der Waals surface area contributed by atoms with E-state index in [0.29, 0.717) is 0 Å². The summed E-state index contributed by atoms with van der Waals surface area (Å²) in [5, 5.41) is 2.51. The van der Waals surface area contributed by atoms with E-state index in [9.17, 15) is 18.0 Å². The summed E-state index contributed by atoms with van der Waals surface area (Å²) in [7, 11) is 0. The highest BCUT2D eigenvalue weighted by molar-refractivity contribution is 5.92. The number of carbonyl (C=O) groups excluding carboxylic acids is 1. The average molecular weight is 249 g/mol. The van der Waals surface area contributed by atoms with Crippen molar-refractivity contribution in [1.29, 1.82) is 0 Å². The molecule has 0 spiro atoms. The van der Waals surface area contributed by atoms with Gasteiger partial charge >= 0.3 is 6.18 Å². The summed E-state index contributed by atoms with van der Waals surface area (Å²) in [5.41, 5.74) is 5.29. The molecular weight excluding hydrogens is 235 g/mol. The minimum Gasteiger partial charge on any atom is -0.347 e. The zero-order valence-corrected chi connectivity index (χ0v) is 9.29. The Labute approximate surface area is 96.6 Å². The molecule has 0 fully saturated rings. The first-order chi connectivity index (χ1) is 7.83. The monoisotopic (exact) mass is 249 g/mol. The van der Waals surface area contributed by atoms with Crippen LogP contribution in [0.25, 0.3) is 0 Å². The van der Waals surface area contributed by atoms with Gasteiger partial charge in [-0.05, 0) is 19.1 Å². The Balaban J connectivity index is 2.78. The van der Waals surface area contributed by atoms with Gasteiger partial charge < -0.3 is 15.6 Å². The summed E-state index contributed by atoms with van der Waals surface area (Å²) in [5.74, 6) is -0.558. The maximum Gasteiger partial charge on any atom is 0.406 e. The molecule has 7 heteroatoms. The van der Waals surface area contributed by atoms with Crippen LogP contribution in [0.2, 0.25) is 0 Å². The van der Waals surface area contributed by atoms with Crippen molar-refractivity contribution in [3.63, 3.8) is 0 Å². The minimum absolute atomic E-state index is 0.0253. The molecule has 0 unspecified atom stereocenters. The van der Waals surface area contributed by atoms with Crippen LogP contribution >= 0.6 is 0 Å². The summed E-state index contributed by atoms with van der Waals surface area (Å²) in [6, 6.07) is 2.45. The van der Waals surface area contributed by atoms with Crippen molar-refractivity contribution in [2.24, 2.45) is 5.73 Å². The van der Waals surface area contributed by atoms with Crippen molar-refractivity contribution >= 4 is 5.91 Å². The molecule has 96 valence electrons.